The zero-order chi connectivity index (χ0) is 38.1. The Labute approximate surface area is 307 Å². The molecule has 1 aliphatic rings. The number of aliphatic hydroxyl groups excluding tert-OH is 1. The number of rotatable bonds is 14. The lowest BCUT2D eigenvalue weighted by Crippen LogP contribution is -2.59. The number of hydrogen-bond donors (Lipinski definition) is 5. The highest BCUT2D eigenvalue weighted by Crippen LogP contribution is 2.27. The molecule has 0 radical (unpaired) electrons. The van der Waals surface area contributed by atoms with Crippen molar-refractivity contribution in [3.8, 4) is 11.3 Å². The monoisotopic (exact) mass is 714 g/mol. The van der Waals surface area contributed by atoms with E-state index in [1.54, 1.807) is 11.1 Å². The van der Waals surface area contributed by atoms with Crippen LogP contribution < -0.4 is 21.3 Å². The molecule has 0 saturated carbocycles. The highest BCUT2D eigenvalue weighted by molar-refractivity contribution is 5.89. The summed E-state index contributed by atoms with van der Waals surface area (Å²) >= 11 is 0. The number of aliphatic hydroxyl groups is 1. The van der Waals surface area contributed by atoms with Crippen molar-refractivity contribution in [1.29, 1.82) is 0 Å². The number of methoxy groups -OCH3 is 1. The molecule has 12 nitrogen and oxygen atoms in total. The molecule has 5 amide bonds. The van der Waals surface area contributed by atoms with Crippen LogP contribution >= 0.6 is 0 Å². The summed E-state index contributed by atoms with van der Waals surface area (Å²) in [7, 11) is 1.24. The number of pyridine rings is 1. The van der Waals surface area contributed by atoms with E-state index in [0.717, 1.165) is 22.4 Å². The van der Waals surface area contributed by atoms with E-state index in [1.165, 1.54) is 7.11 Å². The summed E-state index contributed by atoms with van der Waals surface area (Å²) in [5.74, 6) is -0.804. The lowest BCUT2D eigenvalue weighted by molar-refractivity contribution is -0.130. The number of carbonyl (C=O) groups excluding carboxylic acids is 4. The van der Waals surface area contributed by atoms with Crippen molar-refractivity contribution in [2.45, 2.75) is 91.1 Å². The van der Waals surface area contributed by atoms with Gasteiger partial charge in [-0.2, -0.15) is 0 Å². The average Bonchev–Trinajstić information content (AvgIpc) is 3.51. The van der Waals surface area contributed by atoms with Crippen LogP contribution in [0.2, 0.25) is 0 Å². The predicted molar refractivity (Wildman–Crippen MR) is 200 cm³/mol. The first kappa shape index (κ1) is 39.8. The van der Waals surface area contributed by atoms with Crippen molar-refractivity contribution in [1.82, 2.24) is 31.2 Å². The van der Waals surface area contributed by atoms with Gasteiger partial charge in [0.15, 0.2) is 0 Å². The Balaban J connectivity index is 1.64. The van der Waals surface area contributed by atoms with Crippen LogP contribution in [-0.4, -0.2) is 89.4 Å². The topological polar surface area (TPSA) is 162 Å². The fraction of sp³-hybridized carbons (Fsp3) is 0.475. The Morgan fingerprint density at radius 2 is 1.50 bits per heavy atom. The quantitative estimate of drug-likeness (QED) is 0.165. The van der Waals surface area contributed by atoms with Gasteiger partial charge in [0.05, 0.1) is 24.9 Å². The van der Waals surface area contributed by atoms with Gasteiger partial charge in [-0.3, -0.25) is 14.6 Å². The second kappa shape index (κ2) is 17.5. The number of amides is 5. The minimum atomic E-state index is -1.11. The fourth-order valence-corrected chi connectivity index (χ4v) is 6.56. The number of aromatic nitrogens is 1. The Morgan fingerprint density at radius 3 is 2.06 bits per heavy atom. The van der Waals surface area contributed by atoms with Crippen LogP contribution in [0.4, 0.5) is 9.59 Å². The van der Waals surface area contributed by atoms with Gasteiger partial charge in [0.25, 0.3) is 0 Å². The zero-order valence-electron chi connectivity index (χ0n) is 31.3. The standard InChI is InChI=1S/C40H54N6O6/c1-39(2,3)33(45-38(51)52-7)35(48)43-29(23-27-16-18-28(19-17-27)30-15-11-12-20-41-30)25-32(47)31(24-26-13-9-8-10-14-26)44-36(49)34(40(4,5)6)46-22-21-42-37(46)50/h8-20,29,31-34,47H,21-25H2,1-7H3,(H,42,50)(H,43,48)(H,44,49)(H,45,51)/t29-,31+,32+,33-,34-/m1/s1. The molecule has 5 atom stereocenters. The molecule has 1 aliphatic heterocycles. The summed E-state index contributed by atoms with van der Waals surface area (Å²) < 4.78 is 4.81. The zero-order valence-corrected chi connectivity index (χ0v) is 31.3. The van der Waals surface area contributed by atoms with Gasteiger partial charge < -0.3 is 36.0 Å². The fourth-order valence-electron chi connectivity index (χ4n) is 6.56. The molecule has 2 aromatic carbocycles. The van der Waals surface area contributed by atoms with Crippen molar-refractivity contribution < 1.29 is 29.0 Å². The van der Waals surface area contributed by atoms with Crippen LogP contribution in [0, 0.1) is 10.8 Å². The lowest BCUT2D eigenvalue weighted by atomic mass is 9.84. The first-order chi connectivity index (χ1) is 24.6. The van der Waals surface area contributed by atoms with Gasteiger partial charge in [-0.05, 0) is 53.4 Å². The van der Waals surface area contributed by atoms with E-state index < -0.39 is 53.1 Å². The summed E-state index contributed by atoms with van der Waals surface area (Å²) in [5, 5.41) is 23.6. The van der Waals surface area contributed by atoms with E-state index in [4.69, 9.17) is 4.74 Å². The average molecular weight is 715 g/mol. The van der Waals surface area contributed by atoms with Crippen molar-refractivity contribution in [2.24, 2.45) is 10.8 Å². The van der Waals surface area contributed by atoms with Gasteiger partial charge in [-0.15, -0.1) is 0 Å². The van der Waals surface area contributed by atoms with E-state index in [1.807, 2.05) is 114 Å². The highest BCUT2D eigenvalue weighted by atomic mass is 16.5. The van der Waals surface area contributed by atoms with Crippen molar-refractivity contribution in [2.75, 3.05) is 20.2 Å². The predicted octanol–water partition coefficient (Wildman–Crippen LogP) is 4.47. The molecule has 1 saturated heterocycles. The second-order valence-electron chi connectivity index (χ2n) is 15.6. The normalized spacial score (nSPS) is 16.2. The van der Waals surface area contributed by atoms with Gasteiger partial charge >= 0.3 is 12.1 Å². The van der Waals surface area contributed by atoms with Crippen LogP contribution in [0.1, 0.15) is 59.1 Å². The third kappa shape index (κ3) is 11.0. The molecule has 2 heterocycles. The van der Waals surface area contributed by atoms with E-state index in [2.05, 4.69) is 26.3 Å². The van der Waals surface area contributed by atoms with Crippen molar-refractivity contribution in [3.63, 3.8) is 0 Å². The minimum Gasteiger partial charge on any atom is -0.453 e. The molecule has 4 rings (SSSR count). The number of alkyl carbamates (subject to hydrolysis) is 1. The first-order valence-electron chi connectivity index (χ1n) is 17.8. The lowest BCUT2D eigenvalue weighted by Gasteiger charge is -2.38. The van der Waals surface area contributed by atoms with Gasteiger partial charge in [0.2, 0.25) is 11.8 Å². The Bertz CT molecular complexity index is 1640. The van der Waals surface area contributed by atoms with E-state index in [9.17, 15) is 24.3 Å². The third-order valence-corrected chi connectivity index (χ3v) is 9.21. The highest BCUT2D eigenvalue weighted by Gasteiger charge is 2.42. The van der Waals surface area contributed by atoms with Crippen LogP contribution in [-0.2, 0) is 27.2 Å². The summed E-state index contributed by atoms with van der Waals surface area (Å²) in [6.07, 6.45) is 0.624. The number of carbonyl (C=O) groups is 4. The molecule has 0 spiro atoms. The number of hydrogen-bond acceptors (Lipinski definition) is 7. The summed E-state index contributed by atoms with van der Waals surface area (Å²) in [4.78, 5) is 58.9. The van der Waals surface area contributed by atoms with Crippen LogP contribution in [0.25, 0.3) is 11.3 Å². The molecule has 1 aromatic heterocycles. The molecule has 52 heavy (non-hydrogen) atoms. The Morgan fingerprint density at radius 1 is 0.846 bits per heavy atom. The SMILES string of the molecule is COC(=O)N[C@H](C(=O)N[C@H](Cc1ccc(-c2ccccn2)cc1)C[C@H](O)[C@H](Cc1ccccc1)NC(=O)[C@@H](N1CCNC1=O)C(C)(C)C)C(C)(C)C. The second-order valence-corrected chi connectivity index (χ2v) is 15.6. The Hall–Kier alpha value is -4.97. The van der Waals surface area contributed by atoms with Crippen LogP contribution in [0.15, 0.2) is 79.0 Å². The van der Waals surface area contributed by atoms with E-state index >= 15 is 0 Å². The smallest absolute Gasteiger partial charge is 0.407 e. The molecule has 0 aliphatic carbocycles. The van der Waals surface area contributed by atoms with E-state index in [-0.39, 0.29) is 18.4 Å². The molecule has 12 heteroatoms. The van der Waals surface area contributed by atoms with Crippen LogP contribution in [0.3, 0.4) is 0 Å². The maximum atomic E-state index is 14.1. The third-order valence-electron chi connectivity index (χ3n) is 9.21. The maximum Gasteiger partial charge on any atom is 0.407 e. The number of benzene rings is 2. The molecular formula is C40H54N6O6. The molecule has 1 fully saturated rings. The largest absolute Gasteiger partial charge is 0.453 e. The van der Waals surface area contributed by atoms with Crippen LogP contribution in [0.5, 0.6) is 0 Å². The van der Waals surface area contributed by atoms with Gasteiger partial charge in [-0.1, -0.05) is 102 Å². The maximum absolute atomic E-state index is 14.1. The number of urea groups is 1. The van der Waals surface area contributed by atoms with Crippen molar-refractivity contribution in [3.05, 3.63) is 90.1 Å². The molecule has 280 valence electrons. The number of nitrogens with zero attached hydrogens (tertiary/aromatic N) is 2. The number of ether oxygens (including phenoxy) is 1. The molecule has 5 N–H and O–H groups in total. The van der Waals surface area contributed by atoms with E-state index in [0.29, 0.717) is 25.9 Å². The van der Waals surface area contributed by atoms with Gasteiger partial charge in [0, 0.05) is 30.9 Å². The molecule has 0 unspecified atom stereocenters. The van der Waals surface area contributed by atoms with Crippen molar-refractivity contribution >= 4 is 23.9 Å². The molecule has 3 aromatic rings. The molecular weight excluding hydrogens is 660 g/mol. The number of nitrogens with one attached hydrogen (secondary N) is 4. The van der Waals surface area contributed by atoms with Gasteiger partial charge in [-0.25, -0.2) is 9.59 Å². The first-order valence-corrected chi connectivity index (χ1v) is 17.8. The van der Waals surface area contributed by atoms with Gasteiger partial charge in [0.1, 0.15) is 12.1 Å². The minimum absolute atomic E-state index is 0.0744. The summed E-state index contributed by atoms with van der Waals surface area (Å²) in [6, 6.07) is 19.7. The summed E-state index contributed by atoms with van der Waals surface area (Å²) in [6.45, 7) is 12.1. The molecule has 0 bridgehead atoms. The summed E-state index contributed by atoms with van der Waals surface area (Å²) in [5.41, 5.74) is 2.31. The Kier molecular flexibility index (Phi) is 13.4.